The molecule has 8 nitrogen and oxygen atoms in total. The minimum Gasteiger partial charge on any atom is -0.504 e. The summed E-state index contributed by atoms with van der Waals surface area (Å²) in [6.45, 7) is 2.24. The van der Waals surface area contributed by atoms with Gasteiger partial charge >= 0.3 is 0 Å². The molecule has 0 saturated heterocycles. The van der Waals surface area contributed by atoms with Gasteiger partial charge in [-0.05, 0) is 19.1 Å². The van der Waals surface area contributed by atoms with E-state index in [0.717, 1.165) is 0 Å². The van der Waals surface area contributed by atoms with Crippen LogP contribution in [0.25, 0.3) is 0 Å². The molecule has 0 bridgehead atoms. The number of amides is 2. The van der Waals surface area contributed by atoms with Gasteiger partial charge in [0.1, 0.15) is 0 Å². The predicted octanol–water partition coefficient (Wildman–Crippen LogP) is 0.507. The molecule has 0 fully saturated rings. The average Bonchev–Trinajstić information content (AvgIpc) is 2.88. The van der Waals surface area contributed by atoms with E-state index in [9.17, 15) is 14.7 Å². The predicted molar refractivity (Wildman–Crippen MR) is 79.8 cm³/mol. The van der Waals surface area contributed by atoms with Crippen LogP contribution in [-0.2, 0) is 9.59 Å². The summed E-state index contributed by atoms with van der Waals surface area (Å²) >= 11 is 0. The van der Waals surface area contributed by atoms with E-state index in [0.29, 0.717) is 23.6 Å². The quantitative estimate of drug-likeness (QED) is 0.525. The normalized spacial score (nSPS) is 13.9. The first-order valence-corrected chi connectivity index (χ1v) is 6.71. The summed E-state index contributed by atoms with van der Waals surface area (Å²) in [7, 11) is 0. The summed E-state index contributed by atoms with van der Waals surface area (Å²) in [5, 5.41) is 17.4. The number of hydrogen-bond donors (Lipinski definition) is 3. The van der Waals surface area contributed by atoms with Crippen molar-refractivity contribution in [3.63, 3.8) is 0 Å². The summed E-state index contributed by atoms with van der Waals surface area (Å²) in [5.74, 6) is -0.323. The van der Waals surface area contributed by atoms with Crippen LogP contribution < -0.4 is 15.6 Å². The van der Waals surface area contributed by atoms with Crippen molar-refractivity contribution < 1.29 is 19.4 Å². The van der Waals surface area contributed by atoms with E-state index in [4.69, 9.17) is 4.74 Å². The lowest BCUT2D eigenvalue weighted by atomic mass is 10.2. The number of phenols is 1. The number of carbonyl (C=O) groups is 2. The minimum atomic E-state index is -0.396. The largest absolute Gasteiger partial charge is 0.504 e. The summed E-state index contributed by atoms with van der Waals surface area (Å²) < 4.78 is 5.25. The van der Waals surface area contributed by atoms with E-state index in [1.807, 2.05) is 6.92 Å². The molecule has 2 amide bonds. The van der Waals surface area contributed by atoms with Crippen LogP contribution >= 0.6 is 0 Å². The van der Waals surface area contributed by atoms with E-state index < -0.39 is 5.91 Å². The van der Waals surface area contributed by atoms with Crippen LogP contribution in [0.4, 0.5) is 0 Å². The van der Waals surface area contributed by atoms with Crippen molar-refractivity contribution in [2.24, 2.45) is 10.2 Å². The van der Waals surface area contributed by atoms with Gasteiger partial charge in [-0.25, -0.2) is 10.9 Å². The molecule has 0 radical (unpaired) electrons. The Hall–Kier alpha value is -2.90. The molecule has 0 atom stereocenters. The summed E-state index contributed by atoms with van der Waals surface area (Å²) in [6.07, 6.45) is 1.42. The minimum absolute atomic E-state index is 0.0128. The molecule has 1 aliphatic rings. The lowest BCUT2D eigenvalue weighted by Crippen LogP contribution is -2.20. The molecule has 1 aromatic carbocycles. The Bertz CT molecular complexity index is 640. The van der Waals surface area contributed by atoms with Crippen LogP contribution in [-0.4, -0.2) is 35.5 Å². The second-order valence-corrected chi connectivity index (χ2v) is 4.49. The van der Waals surface area contributed by atoms with Crippen molar-refractivity contribution >= 4 is 23.7 Å². The summed E-state index contributed by atoms with van der Waals surface area (Å²) in [6, 6.07) is 4.98. The molecule has 1 aliphatic heterocycles. The van der Waals surface area contributed by atoms with Gasteiger partial charge < -0.3 is 9.84 Å². The maximum absolute atomic E-state index is 11.6. The molecule has 0 unspecified atom stereocenters. The molecule has 1 aromatic rings. The first-order valence-electron chi connectivity index (χ1n) is 6.71. The fraction of sp³-hybridized carbons (Fsp3) is 0.286. The van der Waals surface area contributed by atoms with E-state index in [1.54, 1.807) is 18.2 Å². The van der Waals surface area contributed by atoms with E-state index in [-0.39, 0.29) is 24.5 Å². The van der Waals surface area contributed by atoms with Crippen molar-refractivity contribution in [3.8, 4) is 11.5 Å². The number of nitrogens with one attached hydrogen (secondary N) is 2. The fourth-order valence-electron chi connectivity index (χ4n) is 1.82. The Labute approximate surface area is 126 Å². The van der Waals surface area contributed by atoms with Gasteiger partial charge in [-0.2, -0.15) is 10.2 Å². The number of hydrogen-bond acceptors (Lipinski definition) is 6. The Balaban J connectivity index is 1.91. The van der Waals surface area contributed by atoms with Gasteiger partial charge in [0.2, 0.25) is 11.8 Å². The smallest absolute Gasteiger partial charge is 0.245 e. The molecule has 3 N–H and O–H groups in total. The standard InChI is InChI=1S/C14H16N4O4/c1-2-22-11-5-3-4-9(14(11)21)8-15-17-12(19)6-10-7-13(20)18-16-10/h3-5,8,21H,2,6-7H2,1H3,(H,17,19)(H,18,20)/b15-8-. The molecule has 8 heteroatoms. The van der Waals surface area contributed by atoms with Crippen molar-refractivity contribution in [2.75, 3.05) is 6.61 Å². The molecule has 0 aliphatic carbocycles. The Morgan fingerprint density at radius 2 is 2.41 bits per heavy atom. The van der Waals surface area contributed by atoms with Crippen LogP contribution in [0, 0.1) is 0 Å². The molecular weight excluding hydrogens is 288 g/mol. The highest BCUT2D eigenvalue weighted by Gasteiger charge is 2.17. The SMILES string of the molecule is CCOc1cccc(/C=N\NC(=O)CC2=NNC(=O)C2)c1O. The molecular formula is C14H16N4O4. The number of phenolic OH excluding ortho intramolecular Hbond substituents is 1. The zero-order chi connectivity index (χ0) is 15.9. The number of hydrazone groups is 2. The maximum atomic E-state index is 11.6. The highest BCUT2D eigenvalue weighted by molar-refractivity contribution is 6.11. The summed E-state index contributed by atoms with van der Waals surface area (Å²) in [5.41, 5.74) is 5.45. The van der Waals surface area contributed by atoms with Gasteiger partial charge in [0.05, 0.1) is 31.4 Å². The van der Waals surface area contributed by atoms with Crippen LogP contribution in [0.2, 0.25) is 0 Å². The van der Waals surface area contributed by atoms with Gasteiger partial charge in [-0.3, -0.25) is 9.59 Å². The van der Waals surface area contributed by atoms with Gasteiger partial charge in [0.25, 0.3) is 0 Å². The van der Waals surface area contributed by atoms with Crippen LogP contribution in [0.3, 0.4) is 0 Å². The third-order valence-electron chi connectivity index (χ3n) is 2.79. The number of aromatic hydroxyl groups is 1. The number of nitrogens with zero attached hydrogens (tertiary/aromatic N) is 2. The molecule has 22 heavy (non-hydrogen) atoms. The number of carbonyl (C=O) groups excluding carboxylic acids is 2. The zero-order valence-corrected chi connectivity index (χ0v) is 12.0. The molecule has 0 aromatic heterocycles. The van der Waals surface area contributed by atoms with Crippen LogP contribution in [0.1, 0.15) is 25.3 Å². The van der Waals surface area contributed by atoms with Gasteiger partial charge in [-0.15, -0.1) is 0 Å². The number of benzene rings is 1. The average molecular weight is 304 g/mol. The van der Waals surface area contributed by atoms with E-state index >= 15 is 0 Å². The number of ether oxygens (including phenoxy) is 1. The summed E-state index contributed by atoms with van der Waals surface area (Å²) in [4.78, 5) is 22.5. The third kappa shape index (κ3) is 4.05. The van der Waals surface area contributed by atoms with Crippen LogP contribution in [0.5, 0.6) is 11.5 Å². The van der Waals surface area contributed by atoms with Crippen molar-refractivity contribution in [1.82, 2.24) is 10.9 Å². The fourth-order valence-corrected chi connectivity index (χ4v) is 1.82. The topological polar surface area (TPSA) is 112 Å². The van der Waals surface area contributed by atoms with Crippen molar-refractivity contribution in [2.45, 2.75) is 19.8 Å². The third-order valence-corrected chi connectivity index (χ3v) is 2.79. The Morgan fingerprint density at radius 1 is 1.59 bits per heavy atom. The van der Waals surface area contributed by atoms with Gasteiger partial charge in [0, 0.05) is 5.56 Å². The van der Waals surface area contributed by atoms with Gasteiger partial charge in [0.15, 0.2) is 11.5 Å². The second-order valence-electron chi connectivity index (χ2n) is 4.49. The van der Waals surface area contributed by atoms with E-state index in [1.165, 1.54) is 6.21 Å². The molecule has 116 valence electrons. The monoisotopic (exact) mass is 304 g/mol. The van der Waals surface area contributed by atoms with Crippen molar-refractivity contribution in [3.05, 3.63) is 23.8 Å². The Morgan fingerprint density at radius 3 is 3.09 bits per heavy atom. The van der Waals surface area contributed by atoms with Crippen molar-refractivity contribution in [1.29, 1.82) is 0 Å². The lowest BCUT2D eigenvalue weighted by Gasteiger charge is -2.07. The molecule has 0 spiro atoms. The van der Waals surface area contributed by atoms with Gasteiger partial charge in [-0.1, -0.05) is 6.07 Å². The molecule has 0 saturated carbocycles. The highest BCUT2D eigenvalue weighted by atomic mass is 16.5. The first-order chi connectivity index (χ1) is 10.6. The molecule has 2 rings (SSSR count). The highest BCUT2D eigenvalue weighted by Crippen LogP contribution is 2.28. The zero-order valence-electron chi connectivity index (χ0n) is 12.0. The number of para-hydroxylation sites is 1. The van der Waals surface area contributed by atoms with E-state index in [2.05, 4.69) is 21.1 Å². The number of rotatable bonds is 6. The van der Waals surface area contributed by atoms with Crippen LogP contribution in [0.15, 0.2) is 28.4 Å². The maximum Gasteiger partial charge on any atom is 0.245 e. The first kappa shape index (κ1) is 15.5. The Kier molecular flexibility index (Phi) is 5.07. The molecule has 1 heterocycles. The second kappa shape index (κ2) is 7.21. The lowest BCUT2D eigenvalue weighted by molar-refractivity contribution is -0.119.